The summed E-state index contributed by atoms with van der Waals surface area (Å²) in [7, 11) is -3.42. The number of para-hydroxylation sites is 1. The van der Waals surface area contributed by atoms with Gasteiger partial charge >= 0.3 is 6.18 Å². The highest BCUT2D eigenvalue weighted by atomic mass is 32.2. The Hall–Kier alpha value is -1.61. The first-order valence-corrected chi connectivity index (χ1v) is 9.21. The standard InChI is InChI=1S/C15H19F3N2O3S/c1-2-24(22,23)20-9-5-6-11(10-20)14(21)19-13-8-4-3-7-12(13)15(16,17)18/h3-4,7-8,11H,2,5-6,9-10H2,1H3,(H,19,21)/t11-/m1/s1. The van der Waals surface area contributed by atoms with E-state index < -0.39 is 33.6 Å². The van der Waals surface area contributed by atoms with Gasteiger partial charge in [0, 0.05) is 13.1 Å². The van der Waals surface area contributed by atoms with Crippen LogP contribution in [0, 0.1) is 5.92 Å². The molecule has 0 bridgehead atoms. The number of halogens is 3. The molecule has 1 aliphatic rings. The maximum absolute atomic E-state index is 13.0. The van der Waals surface area contributed by atoms with Crippen LogP contribution in [0.4, 0.5) is 18.9 Å². The van der Waals surface area contributed by atoms with Gasteiger partial charge in [-0.2, -0.15) is 13.2 Å². The van der Waals surface area contributed by atoms with E-state index in [0.29, 0.717) is 19.4 Å². The molecule has 0 radical (unpaired) electrons. The first-order valence-electron chi connectivity index (χ1n) is 7.60. The molecule has 1 saturated heterocycles. The number of anilines is 1. The highest BCUT2D eigenvalue weighted by Crippen LogP contribution is 2.35. The van der Waals surface area contributed by atoms with E-state index >= 15 is 0 Å². The summed E-state index contributed by atoms with van der Waals surface area (Å²) in [5, 5.41) is 2.30. The molecule has 0 aliphatic carbocycles. The van der Waals surface area contributed by atoms with Gasteiger partial charge in [-0.1, -0.05) is 12.1 Å². The molecular weight excluding hydrogens is 345 g/mol. The Bertz CT molecular complexity index is 704. The zero-order valence-corrected chi connectivity index (χ0v) is 14.0. The third kappa shape index (κ3) is 4.27. The average molecular weight is 364 g/mol. The molecule has 0 saturated carbocycles. The molecule has 24 heavy (non-hydrogen) atoms. The predicted molar refractivity (Wildman–Crippen MR) is 83.8 cm³/mol. The number of hydrogen-bond donors (Lipinski definition) is 1. The number of carbonyl (C=O) groups is 1. The van der Waals surface area contributed by atoms with Crippen molar-refractivity contribution in [2.75, 3.05) is 24.2 Å². The van der Waals surface area contributed by atoms with Crippen molar-refractivity contribution in [3.8, 4) is 0 Å². The van der Waals surface area contributed by atoms with Crippen molar-refractivity contribution in [2.24, 2.45) is 5.92 Å². The van der Waals surface area contributed by atoms with Crippen LogP contribution >= 0.6 is 0 Å². The number of benzene rings is 1. The molecule has 5 nitrogen and oxygen atoms in total. The summed E-state index contributed by atoms with van der Waals surface area (Å²) in [4.78, 5) is 12.3. The molecule has 0 spiro atoms. The molecule has 1 aromatic rings. The molecule has 1 aromatic carbocycles. The van der Waals surface area contributed by atoms with Crippen LogP contribution in [0.1, 0.15) is 25.3 Å². The zero-order valence-electron chi connectivity index (χ0n) is 13.1. The van der Waals surface area contributed by atoms with E-state index in [1.165, 1.54) is 29.4 Å². The van der Waals surface area contributed by atoms with E-state index in [1.54, 1.807) is 0 Å². The molecule has 2 rings (SSSR count). The third-order valence-corrected chi connectivity index (χ3v) is 5.85. The lowest BCUT2D eigenvalue weighted by Crippen LogP contribution is -2.44. The number of carbonyl (C=O) groups excluding carboxylic acids is 1. The number of rotatable bonds is 4. The Kier molecular flexibility index (Phi) is 5.54. The van der Waals surface area contributed by atoms with Crippen molar-refractivity contribution in [3.05, 3.63) is 29.8 Å². The maximum atomic E-state index is 13.0. The summed E-state index contributed by atoms with van der Waals surface area (Å²) >= 11 is 0. The summed E-state index contributed by atoms with van der Waals surface area (Å²) in [6.45, 7) is 1.84. The minimum absolute atomic E-state index is 0.00378. The summed E-state index contributed by atoms with van der Waals surface area (Å²) < 4.78 is 64.0. The van der Waals surface area contributed by atoms with Gasteiger partial charge in [0.1, 0.15) is 0 Å². The predicted octanol–water partition coefficient (Wildman–Crippen LogP) is 2.71. The van der Waals surface area contributed by atoms with Gasteiger partial charge in [-0.3, -0.25) is 4.79 Å². The summed E-state index contributed by atoms with van der Waals surface area (Å²) in [5.74, 6) is -1.33. The highest BCUT2D eigenvalue weighted by molar-refractivity contribution is 7.89. The summed E-state index contributed by atoms with van der Waals surface area (Å²) in [5.41, 5.74) is -1.24. The smallest absolute Gasteiger partial charge is 0.325 e. The van der Waals surface area contributed by atoms with Crippen molar-refractivity contribution in [2.45, 2.75) is 25.9 Å². The Morgan fingerprint density at radius 3 is 2.62 bits per heavy atom. The molecular formula is C15H19F3N2O3S. The molecule has 1 aliphatic heterocycles. The van der Waals surface area contributed by atoms with Gasteiger partial charge in [-0.15, -0.1) is 0 Å². The molecule has 134 valence electrons. The van der Waals surface area contributed by atoms with Gasteiger partial charge in [0.05, 0.1) is 22.9 Å². The third-order valence-electron chi connectivity index (χ3n) is 4.00. The van der Waals surface area contributed by atoms with Gasteiger partial charge in [-0.25, -0.2) is 12.7 Å². The number of hydrogen-bond acceptors (Lipinski definition) is 3. The van der Waals surface area contributed by atoms with Crippen LogP contribution in [0.2, 0.25) is 0 Å². The van der Waals surface area contributed by atoms with E-state index in [9.17, 15) is 26.4 Å². The fourth-order valence-electron chi connectivity index (χ4n) is 2.67. The van der Waals surface area contributed by atoms with Crippen LogP contribution in [0.5, 0.6) is 0 Å². The maximum Gasteiger partial charge on any atom is 0.418 e. The SMILES string of the molecule is CCS(=O)(=O)N1CCC[C@@H](C(=O)Nc2ccccc2C(F)(F)F)C1. The molecule has 9 heteroatoms. The Morgan fingerprint density at radius 1 is 1.33 bits per heavy atom. The lowest BCUT2D eigenvalue weighted by atomic mass is 9.98. The quantitative estimate of drug-likeness (QED) is 0.893. The van der Waals surface area contributed by atoms with Crippen molar-refractivity contribution in [1.82, 2.24) is 4.31 Å². The molecule has 0 unspecified atom stereocenters. The van der Waals surface area contributed by atoms with Crippen LogP contribution in [-0.2, 0) is 21.0 Å². The average Bonchev–Trinajstić information content (AvgIpc) is 2.54. The van der Waals surface area contributed by atoms with Crippen LogP contribution < -0.4 is 5.32 Å². The molecule has 1 fully saturated rings. The molecule has 1 amide bonds. The molecule has 1 N–H and O–H groups in total. The Labute approximate surface area is 138 Å². The first kappa shape index (κ1) is 18.7. The van der Waals surface area contributed by atoms with Crippen LogP contribution in [0.25, 0.3) is 0 Å². The second kappa shape index (κ2) is 7.10. The number of alkyl halides is 3. The van der Waals surface area contributed by atoms with Crippen molar-refractivity contribution in [3.63, 3.8) is 0 Å². The number of piperidine rings is 1. The zero-order chi connectivity index (χ0) is 18.0. The van der Waals surface area contributed by atoms with Gasteiger partial charge in [0.2, 0.25) is 15.9 Å². The second-order valence-corrected chi connectivity index (χ2v) is 7.89. The van der Waals surface area contributed by atoms with E-state index in [1.807, 2.05) is 0 Å². The fourth-order valence-corrected chi connectivity index (χ4v) is 3.85. The van der Waals surface area contributed by atoms with Gasteiger partial charge in [0.25, 0.3) is 0 Å². The molecule has 1 heterocycles. The molecule has 1 atom stereocenters. The van der Waals surface area contributed by atoms with E-state index in [4.69, 9.17) is 0 Å². The van der Waals surface area contributed by atoms with Gasteiger partial charge in [-0.05, 0) is 31.9 Å². The fraction of sp³-hybridized carbons (Fsp3) is 0.533. The minimum Gasteiger partial charge on any atom is -0.325 e. The lowest BCUT2D eigenvalue weighted by molar-refractivity contribution is -0.137. The van der Waals surface area contributed by atoms with Crippen molar-refractivity contribution in [1.29, 1.82) is 0 Å². The van der Waals surface area contributed by atoms with Gasteiger partial charge < -0.3 is 5.32 Å². The Balaban J connectivity index is 2.14. The molecule has 0 aromatic heterocycles. The van der Waals surface area contributed by atoms with Crippen LogP contribution in [-0.4, -0.2) is 37.5 Å². The van der Waals surface area contributed by atoms with Crippen LogP contribution in [0.3, 0.4) is 0 Å². The number of nitrogens with zero attached hydrogens (tertiary/aromatic N) is 1. The van der Waals surface area contributed by atoms with E-state index in [0.717, 1.165) is 6.07 Å². The minimum atomic E-state index is -4.58. The first-order chi connectivity index (χ1) is 11.1. The second-order valence-electron chi connectivity index (χ2n) is 5.63. The monoisotopic (exact) mass is 364 g/mol. The summed E-state index contributed by atoms with van der Waals surface area (Å²) in [6.07, 6.45) is -3.64. The Morgan fingerprint density at radius 2 is 2.00 bits per heavy atom. The van der Waals surface area contributed by atoms with E-state index in [2.05, 4.69) is 5.32 Å². The lowest BCUT2D eigenvalue weighted by Gasteiger charge is -2.31. The topological polar surface area (TPSA) is 66.5 Å². The van der Waals surface area contributed by atoms with Crippen molar-refractivity contribution >= 4 is 21.6 Å². The van der Waals surface area contributed by atoms with Gasteiger partial charge in [0.15, 0.2) is 0 Å². The number of amides is 1. The largest absolute Gasteiger partial charge is 0.418 e. The summed E-state index contributed by atoms with van der Waals surface area (Å²) in [6, 6.07) is 4.72. The number of sulfonamides is 1. The van der Waals surface area contributed by atoms with E-state index in [-0.39, 0.29) is 18.0 Å². The van der Waals surface area contributed by atoms with Crippen molar-refractivity contribution < 1.29 is 26.4 Å². The van der Waals surface area contributed by atoms with Crippen LogP contribution in [0.15, 0.2) is 24.3 Å². The number of nitrogens with one attached hydrogen (secondary N) is 1. The normalized spacial score (nSPS) is 19.9. The highest BCUT2D eigenvalue weighted by Gasteiger charge is 2.35.